The maximum atomic E-state index is 6.37. The average Bonchev–Trinajstić information content (AvgIpc) is 2.39. The van der Waals surface area contributed by atoms with Gasteiger partial charge in [-0.3, -0.25) is 0 Å². The van der Waals surface area contributed by atoms with Gasteiger partial charge >= 0.3 is 0 Å². The van der Waals surface area contributed by atoms with Crippen molar-refractivity contribution in [1.82, 2.24) is 5.32 Å². The number of hydrogen-bond acceptors (Lipinski definition) is 2. The van der Waals surface area contributed by atoms with Gasteiger partial charge in [-0.25, -0.2) is 0 Å². The third-order valence-corrected chi connectivity index (χ3v) is 5.38. The van der Waals surface area contributed by atoms with Crippen molar-refractivity contribution in [2.45, 2.75) is 55.2 Å². The predicted octanol–water partition coefficient (Wildman–Crippen LogP) is 5.05. The van der Waals surface area contributed by atoms with Gasteiger partial charge in [0.25, 0.3) is 0 Å². The molecule has 0 aliphatic heterocycles. The molecule has 0 bridgehead atoms. The second-order valence-electron chi connectivity index (χ2n) is 5.07. The molecular formula is C15H22ClNS. The SMILES string of the molecule is CNC(C)c1ccc(SC2CCCCC2)cc1Cl. The van der Waals surface area contributed by atoms with Gasteiger partial charge in [-0.2, -0.15) is 0 Å². The number of benzene rings is 1. The quantitative estimate of drug-likeness (QED) is 0.830. The van der Waals surface area contributed by atoms with Crippen LogP contribution in [0.4, 0.5) is 0 Å². The Labute approximate surface area is 120 Å². The highest BCUT2D eigenvalue weighted by Gasteiger charge is 2.15. The van der Waals surface area contributed by atoms with E-state index in [0.29, 0.717) is 6.04 Å². The molecule has 18 heavy (non-hydrogen) atoms. The summed E-state index contributed by atoms with van der Waals surface area (Å²) in [6.45, 7) is 2.13. The maximum Gasteiger partial charge on any atom is 0.0464 e. The van der Waals surface area contributed by atoms with E-state index in [-0.39, 0.29) is 0 Å². The summed E-state index contributed by atoms with van der Waals surface area (Å²) in [6.07, 6.45) is 6.91. The van der Waals surface area contributed by atoms with E-state index in [1.807, 2.05) is 18.8 Å². The van der Waals surface area contributed by atoms with E-state index in [1.165, 1.54) is 42.6 Å². The third-order valence-electron chi connectivity index (χ3n) is 3.73. The second kappa shape index (κ2) is 6.83. The Morgan fingerprint density at radius 1 is 1.28 bits per heavy atom. The number of nitrogens with one attached hydrogen (secondary N) is 1. The monoisotopic (exact) mass is 283 g/mol. The Morgan fingerprint density at radius 3 is 2.61 bits per heavy atom. The molecule has 1 fully saturated rings. The van der Waals surface area contributed by atoms with Crippen LogP contribution in [0.5, 0.6) is 0 Å². The van der Waals surface area contributed by atoms with Crippen LogP contribution in [-0.4, -0.2) is 12.3 Å². The lowest BCUT2D eigenvalue weighted by Crippen LogP contribution is -2.12. The van der Waals surface area contributed by atoms with Crippen LogP contribution >= 0.6 is 23.4 Å². The Hall–Kier alpha value is -0.180. The van der Waals surface area contributed by atoms with Gasteiger partial charge in [0.2, 0.25) is 0 Å². The molecule has 100 valence electrons. The smallest absolute Gasteiger partial charge is 0.0464 e. The zero-order valence-corrected chi connectivity index (χ0v) is 12.8. The molecule has 1 aromatic carbocycles. The van der Waals surface area contributed by atoms with Gasteiger partial charge in [-0.1, -0.05) is 36.9 Å². The fourth-order valence-electron chi connectivity index (χ4n) is 2.46. The molecule has 2 rings (SSSR count). The van der Waals surface area contributed by atoms with E-state index < -0.39 is 0 Å². The molecule has 1 aliphatic carbocycles. The third kappa shape index (κ3) is 3.66. The van der Waals surface area contributed by atoms with Crippen LogP contribution in [0.25, 0.3) is 0 Å². The molecular weight excluding hydrogens is 262 g/mol. The molecule has 1 atom stereocenters. The first kappa shape index (κ1) is 14.2. The van der Waals surface area contributed by atoms with Crippen LogP contribution in [0, 0.1) is 0 Å². The van der Waals surface area contributed by atoms with Crippen molar-refractivity contribution in [2.75, 3.05) is 7.05 Å². The minimum absolute atomic E-state index is 0.311. The van der Waals surface area contributed by atoms with Crippen LogP contribution < -0.4 is 5.32 Å². The van der Waals surface area contributed by atoms with Gasteiger partial charge in [-0.05, 0) is 44.5 Å². The molecule has 0 heterocycles. The van der Waals surface area contributed by atoms with E-state index in [0.717, 1.165) is 10.3 Å². The summed E-state index contributed by atoms with van der Waals surface area (Å²) in [4.78, 5) is 1.32. The van der Waals surface area contributed by atoms with Crippen molar-refractivity contribution >= 4 is 23.4 Å². The molecule has 0 saturated heterocycles. The maximum absolute atomic E-state index is 6.37. The van der Waals surface area contributed by atoms with E-state index in [1.54, 1.807) is 0 Å². The molecule has 0 spiro atoms. The molecule has 1 saturated carbocycles. The van der Waals surface area contributed by atoms with Crippen molar-refractivity contribution < 1.29 is 0 Å². The van der Waals surface area contributed by atoms with Gasteiger partial charge < -0.3 is 5.32 Å². The standard InChI is InChI=1S/C15H22ClNS/c1-11(17-2)14-9-8-13(10-15(14)16)18-12-6-4-3-5-7-12/h8-12,17H,3-7H2,1-2H3. The summed E-state index contributed by atoms with van der Waals surface area (Å²) in [6, 6.07) is 6.82. The van der Waals surface area contributed by atoms with Gasteiger partial charge in [0.15, 0.2) is 0 Å². The normalized spacial score (nSPS) is 18.8. The number of halogens is 1. The van der Waals surface area contributed by atoms with Gasteiger partial charge in [-0.15, -0.1) is 11.8 Å². The largest absolute Gasteiger partial charge is 0.313 e. The lowest BCUT2D eigenvalue weighted by atomic mass is 10.0. The van der Waals surface area contributed by atoms with Crippen molar-refractivity contribution in [3.8, 4) is 0 Å². The first-order chi connectivity index (χ1) is 8.70. The van der Waals surface area contributed by atoms with E-state index >= 15 is 0 Å². The van der Waals surface area contributed by atoms with Crippen LogP contribution in [0.1, 0.15) is 50.6 Å². The van der Waals surface area contributed by atoms with Crippen molar-refractivity contribution in [3.63, 3.8) is 0 Å². The molecule has 0 amide bonds. The Kier molecular flexibility index (Phi) is 5.40. The Balaban J connectivity index is 2.03. The fourth-order valence-corrected chi connectivity index (χ4v) is 4.16. The minimum Gasteiger partial charge on any atom is -0.313 e. The fraction of sp³-hybridized carbons (Fsp3) is 0.600. The predicted molar refractivity (Wildman–Crippen MR) is 81.7 cm³/mol. The highest BCUT2D eigenvalue weighted by molar-refractivity contribution is 8.00. The first-order valence-electron chi connectivity index (χ1n) is 6.84. The van der Waals surface area contributed by atoms with Crippen LogP contribution in [-0.2, 0) is 0 Å². The summed E-state index contributed by atoms with van der Waals surface area (Å²) in [7, 11) is 1.96. The van der Waals surface area contributed by atoms with Crippen LogP contribution in [0.2, 0.25) is 5.02 Å². The number of hydrogen-bond donors (Lipinski definition) is 1. The van der Waals surface area contributed by atoms with Gasteiger partial charge in [0, 0.05) is 21.2 Å². The summed E-state index contributed by atoms with van der Waals surface area (Å²) >= 11 is 8.37. The lowest BCUT2D eigenvalue weighted by Gasteiger charge is -2.21. The van der Waals surface area contributed by atoms with Crippen molar-refractivity contribution in [2.24, 2.45) is 0 Å². The van der Waals surface area contributed by atoms with Crippen molar-refractivity contribution in [1.29, 1.82) is 0 Å². The highest BCUT2D eigenvalue weighted by atomic mass is 35.5. The molecule has 1 nitrogen and oxygen atoms in total. The Bertz CT molecular complexity index is 388. The molecule has 1 aliphatic rings. The molecule has 1 aromatic rings. The van der Waals surface area contributed by atoms with E-state index in [4.69, 9.17) is 11.6 Å². The molecule has 1 N–H and O–H groups in total. The first-order valence-corrected chi connectivity index (χ1v) is 8.10. The van der Waals surface area contributed by atoms with Gasteiger partial charge in [0.05, 0.1) is 0 Å². The summed E-state index contributed by atoms with van der Waals surface area (Å²) < 4.78 is 0. The number of thioether (sulfide) groups is 1. The van der Waals surface area contributed by atoms with Gasteiger partial charge in [0.1, 0.15) is 0 Å². The van der Waals surface area contributed by atoms with Crippen molar-refractivity contribution in [3.05, 3.63) is 28.8 Å². The lowest BCUT2D eigenvalue weighted by molar-refractivity contribution is 0.516. The summed E-state index contributed by atoms with van der Waals surface area (Å²) in [5.74, 6) is 0. The second-order valence-corrected chi connectivity index (χ2v) is 6.85. The van der Waals surface area contributed by atoms with Crippen LogP contribution in [0.15, 0.2) is 23.1 Å². The molecule has 1 unspecified atom stereocenters. The molecule has 0 radical (unpaired) electrons. The Morgan fingerprint density at radius 2 is 2.00 bits per heavy atom. The average molecular weight is 284 g/mol. The summed E-state index contributed by atoms with van der Waals surface area (Å²) in [5, 5.41) is 4.91. The summed E-state index contributed by atoms with van der Waals surface area (Å²) in [5.41, 5.74) is 1.19. The molecule has 0 aromatic heterocycles. The zero-order valence-electron chi connectivity index (χ0n) is 11.2. The van der Waals surface area contributed by atoms with E-state index in [9.17, 15) is 0 Å². The van der Waals surface area contributed by atoms with E-state index in [2.05, 4.69) is 30.4 Å². The van der Waals surface area contributed by atoms with Crippen LogP contribution in [0.3, 0.4) is 0 Å². The zero-order chi connectivity index (χ0) is 13.0. The molecule has 3 heteroatoms. The number of rotatable bonds is 4. The topological polar surface area (TPSA) is 12.0 Å². The minimum atomic E-state index is 0.311. The highest BCUT2D eigenvalue weighted by Crippen LogP contribution is 2.36.